The van der Waals surface area contributed by atoms with Crippen molar-refractivity contribution in [2.75, 3.05) is 13.2 Å². The Labute approximate surface area is 170 Å². The summed E-state index contributed by atoms with van der Waals surface area (Å²) in [7, 11) is -3.92. The first-order valence-electron chi connectivity index (χ1n) is 9.06. The number of aliphatic hydroxyl groups is 2. The Morgan fingerprint density at radius 1 is 1.33 bits per heavy atom. The molecular weight excluding hydrogens is 421 g/mol. The molecule has 6 atom stereocenters. The lowest BCUT2D eigenvalue weighted by Crippen LogP contribution is -2.34. The van der Waals surface area contributed by atoms with Gasteiger partial charge >= 0.3 is 7.82 Å². The van der Waals surface area contributed by atoms with Gasteiger partial charge < -0.3 is 20.7 Å². The molecule has 30 heavy (non-hydrogen) atoms. The fourth-order valence-electron chi connectivity index (χ4n) is 3.14. The minimum Gasteiger partial charge on any atom is -0.387 e. The van der Waals surface area contributed by atoms with Gasteiger partial charge in [-0.1, -0.05) is 0 Å². The van der Waals surface area contributed by atoms with Gasteiger partial charge in [-0.15, -0.1) is 5.10 Å². The van der Waals surface area contributed by atoms with E-state index in [9.17, 15) is 19.6 Å². The summed E-state index contributed by atoms with van der Waals surface area (Å²) in [5, 5.41) is 24.3. The topological polar surface area (TPSA) is 181 Å². The molecule has 1 amide bonds. The first-order chi connectivity index (χ1) is 14.4. The van der Waals surface area contributed by atoms with Gasteiger partial charge in [-0.3, -0.25) is 23.3 Å². The van der Waals surface area contributed by atoms with E-state index in [0.29, 0.717) is 6.42 Å². The monoisotopic (exact) mass is 441 g/mol. The third kappa shape index (κ3) is 4.27. The number of nitrogens with two attached hydrogens (primary N) is 1. The second-order valence-electron chi connectivity index (χ2n) is 6.70. The van der Waals surface area contributed by atoms with Crippen molar-refractivity contribution < 1.29 is 37.9 Å². The van der Waals surface area contributed by atoms with Crippen LogP contribution in [0, 0.1) is 0 Å². The van der Waals surface area contributed by atoms with Crippen molar-refractivity contribution in [1.82, 2.24) is 19.7 Å². The fraction of sp³-hybridized carbons (Fsp3) is 0.500. The molecule has 0 bridgehead atoms. The lowest BCUT2D eigenvalue weighted by Gasteiger charge is -2.29. The van der Waals surface area contributed by atoms with Crippen LogP contribution in [-0.4, -0.2) is 67.4 Å². The van der Waals surface area contributed by atoms with E-state index in [1.807, 2.05) is 0 Å². The Bertz CT molecular complexity index is 943. The van der Waals surface area contributed by atoms with Crippen LogP contribution in [0.2, 0.25) is 0 Å². The molecule has 0 radical (unpaired) electrons. The minimum atomic E-state index is -3.92. The first-order valence-corrected chi connectivity index (χ1v) is 10.5. The highest BCUT2D eigenvalue weighted by molar-refractivity contribution is 7.48. The van der Waals surface area contributed by atoms with Crippen molar-refractivity contribution >= 4 is 13.7 Å². The van der Waals surface area contributed by atoms with E-state index in [0.717, 1.165) is 16.6 Å². The van der Waals surface area contributed by atoms with E-state index in [1.165, 1.54) is 0 Å². The summed E-state index contributed by atoms with van der Waals surface area (Å²) in [4.78, 5) is 18.8. The van der Waals surface area contributed by atoms with Gasteiger partial charge in [0.1, 0.15) is 24.6 Å². The van der Waals surface area contributed by atoms with Gasteiger partial charge in [0, 0.05) is 18.8 Å². The van der Waals surface area contributed by atoms with Crippen LogP contribution < -0.4 is 5.73 Å². The van der Waals surface area contributed by atoms with Crippen LogP contribution in [0.15, 0.2) is 30.9 Å². The van der Waals surface area contributed by atoms with Crippen LogP contribution in [-0.2, 0) is 22.9 Å². The van der Waals surface area contributed by atoms with Crippen LogP contribution in [0.1, 0.15) is 34.9 Å². The molecule has 162 valence electrons. The minimum absolute atomic E-state index is 0.151. The number of nitrogens with zero attached hydrogens (tertiary/aromatic N) is 4. The average Bonchev–Trinajstić information content (AvgIpc) is 3.33. The van der Waals surface area contributed by atoms with Gasteiger partial charge in [-0.05, 0) is 17.7 Å². The van der Waals surface area contributed by atoms with Crippen LogP contribution in [0.5, 0.6) is 0 Å². The maximum atomic E-state index is 12.8. The number of phosphoric ester groups is 1. The molecule has 4 heterocycles. The summed E-state index contributed by atoms with van der Waals surface area (Å²) in [6.07, 6.45) is -0.686. The molecule has 0 spiro atoms. The summed E-state index contributed by atoms with van der Waals surface area (Å²) in [6.45, 7) is -0.231. The molecule has 4 rings (SSSR count). The highest BCUT2D eigenvalue weighted by Gasteiger charge is 2.46. The predicted molar refractivity (Wildman–Crippen MR) is 96.7 cm³/mol. The van der Waals surface area contributed by atoms with Crippen LogP contribution >= 0.6 is 7.82 Å². The molecule has 0 aliphatic carbocycles. The van der Waals surface area contributed by atoms with Crippen LogP contribution in [0.25, 0.3) is 0 Å². The van der Waals surface area contributed by atoms with E-state index in [-0.39, 0.29) is 19.0 Å². The number of ether oxygens (including phenoxy) is 1. The van der Waals surface area contributed by atoms with Crippen molar-refractivity contribution in [1.29, 1.82) is 0 Å². The number of phosphoric acid groups is 1. The molecule has 14 heteroatoms. The standard InChI is InChI=1S/C16H20N5O8P/c17-14(24)15-19-8-21(20-15)16-13(23)12(22)11(28-16)7-27-30(25)26-6-3-10(29-30)9-1-4-18-5-2-9/h1-2,4-5,8,10-13,16,22-23H,3,6-7H2,(H2,17,24)/t10-,11-,12-,13-,16-,30?/m1/s1. The molecule has 0 saturated carbocycles. The zero-order chi connectivity index (χ0) is 21.3. The predicted octanol–water partition coefficient (Wildman–Crippen LogP) is -0.306. The summed E-state index contributed by atoms with van der Waals surface area (Å²) >= 11 is 0. The number of primary amides is 1. The summed E-state index contributed by atoms with van der Waals surface area (Å²) in [6, 6.07) is 3.48. The van der Waals surface area contributed by atoms with Crippen molar-refractivity contribution in [2.24, 2.45) is 5.73 Å². The van der Waals surface area contributed by atoms with Crippen molar-refractivity contribution in [3.8, 4) is 0 Å². The molecule has 0 aromatic carbocycles. The maximum Gasteiger partial charge on any atom is 0.475 e. The second-order valence-corrected chi connectivity index (χ2v) is 8.32. The van der Waals surface area contributed by atoms with Gasteiger partial charge in [0.2, 0.25) is 5.82 Å². The zero-order valence-corrected chi connectivity index (χ0v) is 16.4. The number of pyridine rings is 1. The molecular formula is C16H20N5O8P. The second kappa shape index (κ2) is 8.47. The normalized spacial score (nSPS) is 34.1. The molecule has 4 N–H and O–H groups in total. The molecule has 13 nitrogen and oxygen atoms in total. The number of rotatable bonds is 6. The molecule has 2 aromatic rings. The Morgan fingerprint density at radius 2 is 2.10 bits per heavy atom. The number of aliphatic hydroxyl groups excluding tert-OH is 2. The molecule has 1 unspecified atom stereocenters. The highest BCUT2D eigenvalue weighted by atomic mass is 31.2. The average molecular weight is 441 g/mol. The third-order valence-electron chi connectivity index (χ3n) is 4.69. The number of amides is 1. The number of hydrogen-bond acceptors (Lipinski definition) is 11. The first kappa shape index (κ1) is 21.0. The Kier molecular flexibility index (Phi) is 5.93. The van der Waals surface area contributed by atoms with Gasteiger partial charge in [-0.25, -0.2) is 14.2 Å². The third-order valence-corrected chi connectivity index (χ3v) is 6.16. The van der Waals surface area contributed by atoms with Gasteiger partial charge in [0.15, 0.2) is 6.23 Å². The SMILES string of the molecule is NC(=O)c1ncn([C@@H]2O[C@H](COP3(=O)OCC[C@H](c4ccncc4)O3)[C@@H](O)[C@H]2O)n1. The van der Waals surface area contributed by atoms with E-state index < -0.39 is 44.4 Å². The number of carbonyl (C=O) groups excluding carboxylic acids is 1. The number of carbonyl (C=O) groups is 1. The van der Waals surface area contributed by atoms with Gasteiger partial charge in [0.05, 0.1) is 19.3 Å². The van der Waals surface area contributed by atoms with E-state index in [4.69, 9.17) is 24.0 Å². The lowest BCUT2D eigenvalue weighted by atomic mass is 10.1. The molecule has 2 fully saturated rings. The highest BCUT2D eigenvalue weighted by Crippen LogP contribution is 2.57. The molecule has 2 aliphatic heterocycles. The van der Waals surface area contributed by atoms with E-state index >= 15 is 0 Å². The van der Waals surface area contributed by atoms with Crippen LogP contribution in [0.4, 0.5) is 0 Å². The van der Waals surface area contributed by atoms with Crippen molar-refractivity contribution in [3.63, 3.8) is 0 Å². The molecule has 2 saturated heterocycles. The van der Waals surface area contributed by atoms with Crippen molar-refractivity contribution in [2.45, 2.75) is 37.1 Å². The zero-order valence-electron chi connectivity index (χ0n) is 15.6. The molecule has 2 aliphatic rings. The largest absolute Gasteiger partial charge is 0.475 e. The maximum absolute atomic E-state index is 12.8. The van der Waals surface area contributed by atoms with E-state index in [2.05, 4.69) is 15.1 Å². The fourth-order valence-corrected chi connectivity index (χ4v) is 4.54. The number of aromatic nitrogens is 4. The smallest absolute Gasteiger partial charge is 0.387 e. The van der Waals surface area contributed by atoms with Gasteiger partial charge in [0.25, 0.3) is 5.91 Å². The Hall–Kier alpha value is -2.25. The van der Waals surface area contributed by atoms with Crippen molar-refractivity contribution in [3.05, 3.63) is 42.2 Å². The van der Waals surface area contributed by atoms with Gasteiger partial charge in [-0.2, -0.15) is 0 Å². The number of hydrogen-bond donors (Lipinski definition) is 3. The van der Waals surface area contributed by atoms with Crippen LogP contribution in [0.3, 0.4) is 0 Å². The summed E-state index contributed by atoms with van der Waals surface area (Å²) < 4.78 is 35.5. The quantitative estimate of drug-likeness (QED) is 0.500. The lowest BCUT2D eigenvalue weighted by molar-refractivity contribution is -0.0641. The molecule has 2 aromatic heterocycles. The Morgan fingerprint density at radius 3 is 2.80 bits per heavy atom. The Balaban J connectivity index is 1.39. The summed E-state index contributed by atoms with van der Waals surface area (Å²) in [5.41, 5.74) is 5.88. The van der Waals surface area contributed by atoms with E-state index in [1.54, 1.807) is 24.5 Å². The summed E-state index contributed by atoms with van der Waals surface area (Å²) in [5.74, 6) is -1.12.